The lowest BCUT2D eigenvalue weighted by Crippen LogP contribution is -2.32. The highest BCUT2D eigenvalue weighted by Crippen LogP contribution is 2.21. The summed E-state index contributed by atoms with van der Waals surface area (Å²) in [4.78, 5) is 32.1. The number of anilines is 3. The average molecular weight is 395 g/mol. The number of carbonyl (C=O) groups excluding carboxylic acids is 2. The van der Waals surface area contributed by atoms with E-state index in [1.807, 2.05) is 19.1 Å². The molecule has 0 radical (unpaired) electrons. The Morgan fingerprint density at radius 2 is 1.28 bits per heavy atom. The van der Waals surface area contributed by atoms with Crippen LogP contribution in [-0.2, 0) is 0 Å². The lowest BCUT2D eigenvalue weighted by atomic mass is 10.1. The summed E-state index contributed by atoms with van der Waals surface area (Å²) in [5, 5.41) is 0. The number of aromatic nitrogens is 2. The Balaban J connectivity index is 1.61. The normalized spacial score (nSPS) is 10.1. The van der Waals surface area contributed by atoms with E-state index in [4.69, 9.17) is 5.73 Å². The fourth-order valence-electron chi connectivity index (χ4n) is 2.28. The molecule has 0 unspecified atom stereocenters. The lowest BCUT2D eigenvalue weighted by Gasteiger charge is -2.13. The molecule has 2 aromatic carbocycles. The van der Waals surface area contributed by atoms with Crippen molar-refractivity contribution < 1.29 is 14.0 Å². The number of nitrogens with two attached hydrogens (primary N) is 1. The third kappa shape index (κ3) is 4.95. The average Bonchev–Trinajstić information content (AvgIpc) is 2.72. The number of rotatable bonds is 6. The van der Waals surface area contributed by atoms with E-state index in [1.165, 1.54) is 30.6 Å². The van der Waals surface area contributed by atoms with Crippen LogP contribution >= 0.6 is 0 Å². The summed E-state index contributed by atoms with van der Waals surface area (Å²) in [6.07, 6.45) is 1.20. The number of amides is 2. The van der Waals surface area contributed by atoms with Gasteiger partial charge in [-0.3, -0.25) is 31.3 Å². The minimum Gasteiger partial charge on any atom is -0.393 e. The van der Waals surface area contributed by atoms with E-state index >= 15 is 0 Å². The standard InChI is InChI=1S/C19H18FN7O2/c1-11-2-4-12(5-3-11)18(28)26-24-16-15(21)17(23-10-22-16)25-27-19(29)13-6-8-14(20)9-7-13/h2-10H,21H2,1H3,(H,26,28)(H,27,29)(H2,22,23,24,25). The first-order valence-electron chi connectivity index (χ1n) is 8.49. The fraction of sp³-hybridized carbons (Fsp3) is 0.0526. The number of halogens is 1. The number of nitrogens with one attached hydrogen (secondary N) is 4. The van der Waals surface area contributed by atoms with Gasteiger partial charge in [-0.2, -0.15) is 0 Å². The molecule has 0 aliphatic heterocycles. The van der Waals surface area contributed by atoms with E-state index in [-0.39, 0.29) is 28.8 Å². The van der Waals surface area contributed by atoms with Gasteiger partial charge in [0, 0.05) is 11.1 Å². The zero-order chi connectivity index (χ0) is 20.8. The zero-order valence-electron chi connectivity index (χ0n) is 15.4. The number of nitrogens with zero attached hydrogens (tertiary/aromatic N) is 2. The van der Waals surface area contributed by atoms with Gasteiger partial charge in [0.15, 0.2) is 11.6 Å². The molecule has 0 saturated heterocycles. The maximum Gasteiger partial charge on any atom is 0.269 e. The third-order valence-electron chi connectivity index (χ3n) is 3.89. The van der Waals surface area contributed by atoms with Crippen LogP contribution in [0.3, 0.4) is 0 Å². The maximum absolute atomic E-state index is 12.9. The molecule has 2 amide bonds. The molecule has 0 aliphatic rings. The second-order valence-electron chi connectivity index (χ2n) is 6.02. The van der Waals surface area contributed by atoms with Gasteiger partial charge in [0.05, 0.1) is 0 Å². The predicted octanol–water partition coefficient (Wildman–Crippen LogP) is 2.02. The van der Waals surface area contributed by atoms with Gasteiger partial charge in [-0.1, -0.05) is 17.7 Å². The van der Waals surface area contributed by atoms with E-state index in [0.29, 0.717) is 5.56 Å². The molecule has 0 fully saturated rings. The number of aryl methyl sites for hydroxylation is 1. The summed E-state index contributed by atoms with van der Waals surface area (Å²) in [6.45, 7) is 1.92. The molecular weight excluding hydrogens is 377 g/mol. The van der Waals surface area contributed by atoms with E-state index < -0.39 is 11.7 Å². The van der Waals surface area contributed by atoms with Crippen LogP contribution in [0.15, 0.2) is 54.9 Å². The first-order chi connectivity index (χ1) is 13.9. The molecule has 29 heavy (non-hydrogen) atoms. The summed E-state index contributed by atoms with van der Waals surface area (Å²) in [7, 11) is 0. The molecule has 1 aromatic heterocycles. The van der Waals surface area contributed by atoms with Crippen LogP contribution in [0.1, 0.15) is 26.3 Å². The summed E-state index contributed by atoms with van der Waals surface area (Å²) >= 11 is 0. The fourth-order valence-corrected chi connectivity index (χ4v) is 2.28. The Hall–Kier alpha value is -4.21. The Morgan fingerprint density at radius 1 is 0.828 bits per heavy atom. The van der Waals surface area contributed by atoms with Crippen molar-refractivity contribution in [1.29, 1.82) is 0 Å². The van der Waals surface area contributed by atoms with E-state index in [9.17, 15) is 14.0 Å². The van der Waals surface area contributed by atoms with Crippen LogP contribution in [-0.4, -0.2) is 21.8 Å². The molecule has 9 nitrogen and oxygen atoms in total. The summed E-state index contributed by atoms with van der Waals surface area (Å²) in [5.74, 6) is -1.08. The smallest absolute Gasteiger partial charge is 0.269 e. The van der Waals surface area contributed by atoms with Gasteiger partial charge in [0.2, 0.25) is 0 Å². The maximum atomic E-state index is 12.9. The Morgan fingerprint density at radius 3 is 1.76 bits per heavy atom. The van der Waals surface area contributed by atoms with E-state index in [2.05, 4.69) is 31.7 Å². The summed E-state index contributed by atoms with van der Waals surface area (Å²) in [5.41, 5.74) is 17.9. The number of hydrazine groups is 2. The monoisotopic (exact) mass is 395 g/mol. The minimum atomic E-state index is -0.509. The third-order valence-corrected chi connectivity index (χ3v) is 3.89. The van der Waals surface area contributed by atoms with Crippen molar-refractivity contribution in [3.05, 3.63) is 77.4 Å². The van der Waals surface area contributed by atoms with Crippen molar-refractivity contribution in [2.24, 2.45) is 0 Å². The van der Waals surface area contributed by atoms with Crippen LogP contribution in [0.4, 0.5) is 21.7 Å². The molecule has 0 saturated carbocycles. The van der Waals surface area contributed by atoms with E-state index in [0.717, 1.165) is 5.56 Å². The molecule has 10 heteroatoms. The number of nitrogen functional groups attached to an aromatic ring is 1. The molecule has 0 aliphatic carbocycles. The number of hydrogen-bond donors (Lipinski definition) is 5. The lowest BCUT2D eigenvalue weighted by molar-refractivity contribution is 0.0954. The molecule has 3 aromatic rings. The molecule has 0 bridgehead atoms. The van der Waals surface area contributed by atoms with Crippen molar-refractivity contribution in [3.8, 4) is 0 Å². The number of carbonyl (C=O) groups is 2. The van der Waals surface area contributed by atoms with Crippen LogP contribution in [0.5, 0.6) is 0 Å². The Kier molecular flexibility index (Phi) is 5.83. The Bertz CT molecular complexity index is 944. The molecule has 0 atom stereocenters. The molecular formula is C19H18FN7O2. The van der Waals surface area contributed by atoms with Crippen LogP contribution in [0.2, 0.25) is 0 Å². The molecule has 148 valence electrons. The van der Waals surface area contributed by atoms with Gasteiger partial charge in [-0.05, 0) is 43.3 Å². The SMILES string of the molecule is Cc1ccc(C(=O)NNc2ncnc(NNC(=O)c3ccc(F)cc3)c2N)cc1. The molecule has 3 rings (SSSR count). The highest BCUT2D eigenvalue weighted by molar-refractivity contribution is 5.96. The van der Waals surface area contributed by atoms with Gasteiger partial charge < -0.3 is 5.73 Å². The molecule has 0 spiro atoms. The quantitative estimate of drug-likeness (QED) is 0.403. The van der Waals surface area contributed by atoms with Gasteiger partial charge in [-0.25, -0.2) is 14.4 Å². The minimum absolute atomic E-state index is 0.0658. The van der Waals surface area contributed by atoms with Gasteiger partial charge in [0.1, 0.15) is 17.8 Å². The van der Waals surface area contributed by atoms with Crippen LogP contribution in [0, 0.1) is 12.7 Å². The second-order valence-corrected chi connectivity index (χ2v) is 6.02. The summed E-state index contributed by atoms with van der Waals surface area (Å²) < 4.78 is 12.9. The largest absolute Gasteiger partial charge is 0.393 e. The molecule has 1 heterocycles. The predicted molar refractivity (Wildman–Crippen MR) is 106 cm³/mol. The van der Waals surface area contributed by atoms with Crippen molar-refractivity contribution in [1.82, 2.24) is 20.8 Å². The Labute approximate surface area is 165 Å². The molecule has 6 N–H and O–H groups in total. The topological polar surface area (TPSA) is 134 Å². The van der Waals surface area contributed by atoms with Crippen molar-refractivity contribution in [2.45, 2.75) is 6.92 Å². The first kappa shape index (κ1) is 19.5. The van der Waals surface area contributed by atoms with Crippen molar-refractivity contribution in [2.75, 3.05) is 16.6 Å². The zero-order valence-corrected chi connectivity index (χ0v) is 15.4. The van der Waals surface area contributed by atoms with Gasteiger partial charge >= 0.3 is 0 Å². The number of hydrogen-bond acceptors (Lipinski definition) is 7. The number of benzene rings is 2. The van der Waals surface area contributed by atoms with Gasteiger partial charge in [-0.15, -0.1) is 0 Å². The van der Waals surface area contributed by atoms with Gasteiger partial charge in [0.25, 0.3) is 11.8 Å². The van der Waals surface area contributed by atoms with Crippen molar-refractivity contribution >= 4 is 29.1 Å². The summed E-state index contributed by atoms with van der Waals surface area (Å²) in [6, 6.07) is 12.0. The van der Waals surface area contributed by atoms with E-state index in [1.54, 1.807) is 12.1 Å². The highest BCUT2D eigenvalue weighted by Gasteiger charge is 2.12. The van der Waals surface area contributed by atoms with Crippen LogP contribution in [0.25, 0.3) is 0 Å². The van der Waals surface area contributed by atoms with Crippen LogP contribution < -0.4 is 27.4 Å². The second kappa shape index (κ2) is 8.65. The first-order valence-corrected chi connectivity index (χ1v) is 8.49. The highest BCUT2D eigenvalue weighted by atomic mass is 19.1. The van der Waals surface area contributed by atoms with Crippen molar-refractivity contribution in [3.63, 3.8) is 0 Å².